The molecule has 1 aromatic carbocycles. The maximum atomic E-state index is 4.95. The van der Waals surface area contributed by atoms with Crippen LogP contribution < -0.4 is 0 Å². The third-order valence-corrected chi connectivity index (χ3v) is 5.13. The fourth-order valence-corrected chi connectivity index (χ4v) is 4.11. The predicted octanol–water partition coefficient (Wildman–Crippen LogP) is 5.72. The van der Waals surface area contributed by atoms with Crippen LogP contribution in [0.5, 0.6) is 0 Å². The smallest absolute Gasteiger partial charge is 0.140 e. The molecule has 4 aromatic rings. The van der Waals surface area contributed by atoms with Crippen LogP contribution in [-0.2, 0) is 6.42 Å². The van der Waals surface area contributed by atoms with Gasteiger partial charge in [-0.05, 0) is 56.9 Å². The Bertz CT molecular complexity index is 956. The highest BCUT2D eigenvalue weighted by Gasteiger charge is 2.16. The van der Waals surface area contributed by atoms with Crippen molar-refractivity contribution in [2.24, 2.45) is 0 Å². The summed E-state index contributed by atoms with van der Waals surface area (Å²) < 4.78 is 3.30. The van der Waals surface area contributed by atoms with Gasteiger partial charge in [-0.15, -0.1) is 0 Å². The molecule has 23 heavy (non-hydrogen) atoms. The van der Waals surface area contributed by atoms with Crippen molar-refractivity contribution in [1.29, 1.82) is 0 Å². The molecule has 0 unspecified atom stereocenters. The summed E-state index contributed by atoms with van der Waals surface area (Å²) in [6.45, 7) is 2.11. The largest absolute Gasteiger partial charge is 0.302 e. The first-order valence-electron chi connectivity index (χ1n) is 7.46. The van der Waals surface area contributed by atoms with Gasteiger partial charge in [-0.1, -0.05) is 30.3 Å². The number of thiophene rings is 1. The molecule has 0 saturated carbocycles. The van der Waals surface area contributed by atoms with Crippen LogP contribution in [0.15, 0.2) is 63.9 Å². The van der Waals surface area contributed by atoms with Gasteiger partial charge in [0.25, 0.3) is 0 Å². The molecule has 3 heterocycles. The third-order valence-electron chi connectivity index (χ3n) is 3.97. The average molecular weight is 383 g/mol. The zero-order valence-corrected chi connectivity index (χ0v) is 15.1. The molecule has 3 aromatic heterocycles. The second kappa shape index (κ2) is 5.95. The van der Waals surface area contributed by atoms with Crippen LogP contribution in [-0.4, -0.2) is 9.38 Å². The first-order valence-corrected chi connectivity index (χ1v) is 9.19. The summed E-state index contributed by atoms with van der Waals surface area (Å²) in [6.07, 6.45) is 2.99. The predicted molar refractivity (Wildman–Crippen MR) is 100 cm³/mol. The lowest BCUT2D eigenvalue weighted by Crippen LogP contribution is -1.96. The highest BCUT2D eigenvalue weighted by Crippen LogP contribution is 2.29. The summed E-state index contributed by atoms with van der Waals surface area (Å²) in [5, 5.41) is 4.33. The van der Waals surface area contributed by atoms with E-state index in [2.05, 4.69) is 80.6 Å². The number of hydrogen-bond acceptors (Lipinski definition) is 2. The number of pyridine rings is 1. The van der Waals surface area contributed by atoms with E-state index in [0.717, 1.165) is 27.8 Å². The van der Waals surface area contributed by atoms with E-state index >= 15 is 0 Å². The van der Waals surface area contributed by atoms with Crippen molar-refractivity contribution in [2.75, 3.05) is 0 Å². The van der Waals surface area contributed by atoms with E-state index in [9.17, 15) is 0 Å². The average Bonchev–Trinajstić information content (AvgIpc) is 3.17. The molecule has 0 atom stereocenters. The van der Waals surface area contributed by atoms with Gasteiger partial charge in [0.15, 0.2) is 0 Å². The molecular formula is C19H15BrN2S. The second-order valence-corrected chi connectivity index (χ2v) is 7.31. The first kappa shape index (κ1) is 14.7. The maximum absolute atomic E-state index is 4.95. The number of fused-ring (bicyclic) bond motifs is 1. The summed E-state index contributed by atoms with van der Waals surface area (Å²) >= 11 is 5.35. The summed E-state index contributed by atoms with van der Waals surface area (Å²) in [6, 6.07) is 14.7. The molecule has 4 heteroatoms. The number of nitrogens with zero attached hydrogens (tertiary/aromatic N) is 2. The minimum atomic E-state index is 0.880. The summed E-state index contributed by atoms with van der Waals surface area (Å²) in [5.74, 6) is 0. The van der Waals surface area contributed by atoms with Crippen molar-refractivity contribution in [3.05, 3.63) is 80.7 Å². The van der Waals surface area contributed by atoms with Crippen LogP contribution >= 0.6 is 27.3 Å². The topological polar surface area (TPSA) is 17.3 Å². The van der Waals surface area contributed by atoms with E-state index < -0.39 is 0 Å². The normalized spacial score (nSPS) is 11.2. The Morgan fingerprint density at radius 1 is 1.17 bits per heavy atom. The van der Waals surface area contributed by atoms with Crippen LogP contribution in [0.3, 0.4) is 0 Å². The van der Waals surface area contributed by atoms with Crippen LogP contribution in [0.25, 0.3) is 16.9 Å². The Labute approximate surface area is 147 Å². The number of benzene rings is 1. The second-order valence-electron chi connectivity index (χ2n) is 5.62. The molecule has 0 radical (unpaired) electrons. The lowest BCUT2D eigenvalue weighted by atomic mass is 10.1. The van der Waals surface area contributed by atoms with Gasteiger partial charge in [0.2, 0.25) is 0 Å². The Balaban J connectivity index is 1.99. The van der Waals surface area contributed by atoms with Crippen LogP contribution in [0, 0.1) is 6.92 Å². The van der Waals surface area contributed by atoms with Gasteiger partial charge in [-0.25, -0.2) is 4.98 Å². The van der Waals surface area contributed by atoms with Crippen molar-refractivity contribution < 1.29 is 0 Å². The molecule has 0 fully saturated rings. The number of aryl methyl sites for hydroxylation is 1. The molecule has 0 aliphatic rings. The zero-order chi connectivity index (χ0) is 15.8. The monoisotopic (exact) mass is 382 g/mol. The van der Waals surface area contributed by atoms with Gasteiger partial charge in [-0.2, -0.15) is 11.3 Å². The molecule has 0 aliphatic heterocycles. The van der Waals surface area contributed by atoms with Gasteiger partial charge < -0.3 is 4.40 Å². The number of imidazole rings is 1. The number of halogens is 1. The lowest BCUT2D eigenvalue weighted by Gasteiger charge is -2.06. The molecule has 0 saturated heterocycles. The Morgan fingerprint density at radius 2 is 2.00 bits per heavy atom. The van der Waals surface area contributed by atoms with Crippen molar-refractivity contribution >= 4 is 32.9 Å². The minimum Gasteiger partial charge on any atom is -0.302 e. The number of rotatable bonds is 3. The quantitative estimate of drug-likeness (QED) is 0.442. The standard InChI is InChI=1S/C19H15BrN2S/c1-13-9-16(20)11-22-17(10-14-7-8-23-12-14)18(21-19(13)22)15-5-3-2-4-6-15/h2-9,11-12H,10H2,1H3. The molecule has 2 nitrogen and oxygen atoms in total. The van der Waals surface area contributed by atoms with E-state index in [4.69, 9.17) is 4.98 Å². The van der Waals surface area contributed by atoms with Gasteiger partial charge in [-0.3, -0.25) is 0 Å². The minimum absolute atomic E-state index is 0.880. The SMILES string of the molecule is Cc1cc(Br)cn2c(Cc3ccsc3)c(-c3ccccc3)nc12. The fraction of sp³-hybridized carbons (Fsp3) is 0.105. The van der Waals surface area contributed by atoms with E-state index in [1.807, 2.05) is 6.07 Å². The Kier molecular flexibility index (Phi) is 3.79. The van der Waals surface area contributed by atoms with Crippen LogP contribution in [0.4, 0.5) is 0 Å². The third kappa shape index (κ3) is 2.73. The molecule has 0 bridgehead atoms. The molecule has 114 valence electrons. The molecule has 4 rings (SSSR count). The van der Waals surface area contributed by atoms with Gasteiger partial charge in [0.05, 0.1) is 11.4 Å². The van der Waals surface area contributed by atoms with E-state index in [1.54, 1.807) is 11.3 Å². The molecule has 0 N–H and O–H groups in total. The Hall–Kier alpha value is -1.91. The molecule has 0 amide bonds. The first-order chi connectivity index (χ1) is 11.2. The van der Waals surface area contributed by atoms with Gasteiger partial charge >= 0.3 is 0 Å². The molecule has 0 spiro atoms. The van der Waals surface area contributed by atoms with Crippen molar-refractivity contribution in [3.8, 4) is 11.3 Å². The Morgan fingerprint density at radius 3 is 2.74 bits per heavy atom. The highest BCUT2D eigenvalue weighted by atomic mass is 79.9. The molecular weight excluding hydrogens is 368 g/mol. The summed E-state index contributed by atoms with van der Waals surface area (Å²) in [4.78, 5) is 4.95. The van der Waals surface area contributed by atoms with Gasteiger partial charge in [0, 0.05) is 22.7 Å². The number of aromatic nitrogens is 2. The van der Waals surface area contributed by atoms with E-state index in [1.165, 1.54) is 16.8 Å². The van der Waals surface area contributed by atoms with E-state index in [0.29, 0.717) is 0 Å². The summed E-state index contributed by atoms with van der Waals surface area (Å²) in [7, 11) is 0. The van der Waals surface area contributed by atoms with E-state index in [-0.39, 0.29) is 0 Å². The zero-order valence-electron chi connectivity index (χ0n) is 12.7. The van der Waals surface area contributed by atoms with Crippen LogP contribution in [0.2, 0.25) is 0 Å². The van der Waals surface area contributed by atoms with Gasteiger partial charge in [0.1, 0.15) is 5.65 Å². The number of hydrogen-bond donors (Lipinski definition) is 0. The van der Waals surface area contributed by atoms with Crippen LogP contribution in [0.1, 0.15) is 16.8 Å². The highest BCUT2D eigenvalue weighted by molar-refractivity contribution is 9.10. The van der Waals surface area contributed by atoms with Crippen molar-refractivity contribution in [1.82, 2.24) is 9.38 Å². The summed E-state index contributed by atoms with van der Waals surface area (Å²) in [5.41, 5.74) is 6.99. The molecule has 0 aliphatic carbocycles. The fourth-order valence-electron chi connectivity index (χ4n) is 2.90. The van der Waals surface area contributed by atoms with Crippen molar-refractivity contribution in [2.45, 2.75) is 13.3 Å². The lowest BCUT2D eigenvalue weighted by molar-refractivity contribution is 1.02. The van der Waals surface area contributed by atoms with Crippen molar-refractivity contribution in [3.63, 3.8) is 0 Å². The maximum Gasteiger partial charge on any atom is 0.140 e.